The summed E-state index contributed by atoms with van der Waals surface area (Å²) in [6, 6.07) is 12.0. The van der Waals surface area contributed by atoms with Crippen LogP contribution in [0.1, 0.15) is 35.7 Å². The Kier molecular flexibility index (Phi) is 5.79. The van der Waals surface area contributed by atoms with Gasteiger partial charge in [0.1, 0.15) is 11.6 Å². The van der Waals surface area contributed by atoms with E-state index in [1.54, 1.807) is 24.5 Å². The number of likely N-dealkylation sites (tertiary alicyclic amines) is 1. The Labute approximate surface area is 175 Å². The number of hydrogen-bond acceptors (Lipinski definition) is 4. The zero-order valence-corrected chi connectivity index (χ0v) is 17.2. The van der Waals surface area contributed by atoms with Gasteiger partial charge >= 0.3 is 0 Å². The van der Waals surface area contributed by atoms with Crippen molar-refractivity contribution < 1.29 is 13.9 Å². The third kappa shape index (κ3) is 4.35. The van der Waals surface area contributed by atoms with E-state index in [9.17, 15) is 9.18 Å². The minimum absolute atomic E-state index is 0.0334. The van der Waals surface area contributed by atoms with E-state index >= 15 is 0 Å². The van der Waals surface area contributed by atoms with Crippen LogP contribution < -0.4 is 4.74 Å². The number of benzene rings is 2. The van der Waals surface area contributed by atoms with E-state index in [-0.39, 0.29) is 23.7 Å². The van der Waals surface area contributed by atoms with E-state index in [4.69, 9.17) is 4.74 Å². The van der Waals surface area contributed by atoms with Gasteiger partial charge < -0.3 is 9.64 Å². The summed E-state index contributed by atoms with van der Waals surface area (Å²) < 4.78 is 19.2. The molecule has 0 aliphatic carbocycles. The molecule has 1 fully saturated rings. The lowest BCUT2D eigenvalue weighted by atomic mass is 9.93. The molecule has 2 aromatic carbocycles. The Morgan fingerprint density at radius 2 is 1.97 bits per heavy atom. The largest absolute Gasteiger partial charge is 0.493 e. The van der Waals surface area contributed by atoms with Crippen molar-refractivity contribution in [2.45, 2.75) is 32.7 Å². The first kappa shape index (κ1) is 20.1. The van der Waals surface area contributed by atoms with Crippen molar-refractivity contribution >= 4 is 5.91 Å². The summed E-state index contributed by atoms with van der Waals surface area (Å²) in [7, 11) is 0. The van der Waals surface area contributed by atoms with Crippen LogP contribution in [0.15, 0.2) is 54.9 Å². The van der Waals surface area contributed by atoms with Crippen LogP contribution in [-0.2, 0) is 0 Å². The molecular formula is C23H25FN4O2. The maximum atomic E-state index is 13.5. The summed E-state index contributed by atoms with van der Waals surface area (Å²) in [6.45, 7) is 5.08. The predicted molar refractivity (Wildman–Crippen MR) is 111 cm³/mol. The van der Waals surface area contributed by atoms with Crippen LogP contribution >= 0.6 is 0 Å². The molecule has 1 amide bonds. The normalized spacial score (nSPS) is 19.0. The molecule has 2 heterocycles. The van der Waals surface area contributed by atoms with Crippen LogP contribution in [0, 0.1) is 18.7 Å². The molecule has 0 unspecified atom stereocenters. The molecule has 1 saturated heterocycles. The van der Waals surface area contributed by atoms with Crippen LogP contribution in [0.25, 0.3) is 5.69 Å². The van der Waals surface area contributed by atoms with Gasteiger partial charge in [0.2, 0.25) is 0 Å². The second-order valence-corrected chi connectivity index (χ2v) is 7.86. The highest BCUT2D eigenvalue weighted by Crippen LogP contribution is 2.27. The van der Waals surface area contributed by atoms with Gasteiger partial charge in [-0.2, -0.15) is 15.0 Å². The van der Waals surface area contributed by atoms with Gasteiger partial charge in [0.15, 0.2) is 0 Å². The average Bonchev–Trinajstić information content (AvgIpc) is 3.27. The maximum Gasteiger partial charge on any atom is 0.256 e. The molecule has 30 heavy (non-hydrogen) atoms. The van der Waals surface area contributed by atoms with Gasteiger partial charge in [-0.1, -0.05) is 17.7 Å². The highest BCUT2D eigenvalue weighted by molar-refractivity contribution is 5.98. The fraction of sp³-hybridized carbons (Fsp3) is 0.348. The Hall–Kier alpha value is -3.22. The molecule has 0 radical (unpaired) electrons. The van der Waals surface area contributed by atoms with Gasteiger partial charge in [-0.3, -0.25) is 4.79 Å². The molecule has 4 rings (SSSR count). The highest BCUT2D eigenvalue weighted by Gasteiger charge is 2.31. The summed E-state index contributed by atoms with van der Waals surface area (Å²) in [5, 5.41) is 8.39. The van der Waals surface area contributed by atoms with Crippen molar-refractivity contribution in [3.05, 3.63) is 71.8 Å². The van der Waals surface area contributed by atoms with E-state index in [2.05, 4.69) is 17.1 Å². The number of piperidine rings is 1. The second-order valence-electron chi connectivity index (χ2n) is 7.86. The van der Waals surface area contributed by atoms with Crippen LogP contribution in [-0.4, -0.2) is 45.0 Å². The molecule has 156 valence electrons. The first-order chi connectivity index (χ1) is 14.5. The number of nitrogens with zero attached hydrogens (tertiary/aromatic N) is 4. The lowest BCUT2D eigenvalue weighted by Crippen LogP contribution is -2.47. The lowest BCUT2D eigenvalue weighted by Gasteiger charge is -2.38. The minimum Gasteiger partial charge on any atom is -0.493 e. The molecule has 7 heteroatoms. The number of rotatable bonds is 5. The zero-order chi connectivity index (χ0) is 21.1. The van der Waals surface area contributed by atoms with Crippen LogP contribution in [0.4, 0.5) is 4.39 Å². The van der Waals surface area contributed by atoms with Gasteiger partial charge in [-0.25, -0.2) is 4.39 Å². The van der Waals surface area contributed by atoms with Crippen molar-refractivity contribution in [2.75, 3.05) is 13.2 Å². The SMILES string of the molecule is Cc1ccc(-n2nccn2)c(C(=O)N2C[C@@H](COc3cccc(F)c3)CC[C@H]2C)c1. The number of halogens is 1. The van der Waals surface area contributed by atoms with E-state index in [1.165, 1.54) is 16.9 Å². The number of aromatic nitrogens is 3. The number of hydrogen-bond donors (Lipinski definition) is 0. The third-order valence-electron chi connectivity index (χ3n) is 5.54. The average molecular weight is 408 g/mol. The summed E-state index contributed by atoms with van der Waals surface area (Å²) in [5.41, 5.74) is 2.26. The number of aryl methyl sites for hydroxylation is 1. The van der Waals surface area contributed by atoms with Crippen molar-refractivity contribution in [3.63, 3.8) is 0 Å². The first-order valence-corrected chi connectivity index (χ1v) is 10.2. The summed E-state index contributed by atoms with van der Waals surface area (Å²) in [4.78, 5) is 16.9. The quantitative estimate of drug-likeness (QED) is 0.639. The molecule has 0 saturated carbocycles. The Morgan fingerprint density at radius 3 is 2.73 bits per heavy atom. The van der Waals surface area contributed by atoms with E-state index in [0.717, 1.165) is 18.4 Å². The molecule has 0 bridgehead atoms. The molecule has 3 aromatic rings. The first-order valence-electron chi connectivity index (χ1n) is 10.2. The maximum absolute atomic E-state index is 13.5. The summed E-state index contributed by atoms with van der Waals surface area (Å²) in [6.07, 6.45) is 5.04. The fourth-order valence-corrected chi connectivity index (χ4v) is 3.86. The van der Waals surface area contributed by atoms with Crippen molar-refractivity contribution in [1.29, 1.82) is 0 Å². The zero-order valence-electron chi connectivity index (χ0n) is 17.2. The Balaban J connectivity index is 1.51. The van der Waals surface area contributed by atoms with E-state index < -0.39 is 0 Å². The van der Waals surface area contributed by atoms with Crippen LogP contribution in [0.3, 0.4) is 0 Å². The molecule has 6 nitrogen and oxygen atoms in total. The number of amides is 1. The Morgan fingerprint density at radius 1 is 1.17 bits per heavy atom. The van der Waals surface area contributed by atoms with Crippen LogP contribution in [0.5, 0.6) is 5.75 Å². The van der Waals surface area contributed by atoms with Gasteiger partial charge in [-0.15, -0.1) is 0 Å². The molecule has 0 N–H and O–H groups in total. The van der Waals surface area contributed by atoms with Gasteiger partial charge in [0, 0.05) is 24.6 Å². The molecule has 1 aromatic heterocycles. The highest BCUT2D eigenvalue weighted by atomic mass is 19.1. The van der Waals surface area contributed by atoms with E-state index in [0.29, 0.717) is 30.2 Å². The molecule has 2 atom stereocenters. The molecule has 0 spiro atoms. The number of carbonyl (C=O) groups excluding carboxylic acids is 1. The standard InChI is InChI=1S/C23H25FN4O2/c1-16-6-9-22(28-25-10-11-26-28)21(12-16)23(29)27-14-18(8-7-17(27)2)15-30-20-5-3-4-19(24)13-20/h3-6,9-13,17-18H,7-8,14-15H2,1-2H3/t17-,18+/m1/s1. The summed E-state index contributed by atoms with van der Waals surface area (Å²) in [5.74, 6) is 0.344. The molecular weight excluding hydrogens is 383 g/mol. The van der Waals surface area contributed by atoms with Crippen LogP contribution in [0.2, 0.25) is 0 Å². The van der Waals surface area contributed by atoms with Crippen molar-refractivity contribution in [1.82, 2.24) is 19.9 Å². The van der Waals surface area contributed by atoms with Crippen molar-refractivity contribution in [3.8, 4) is 11.4 Å². The monoisotopic (exact) mass is 408 g/mol. The van der Waals surface area contributed by atoms with Gasteiger partial charge in [-0.05, 0) is 51.0 Å². The second kappa shape index (κ2) is 8.65. The third-order valence-corrected chi connectivity index (χ3v) is 5.54. The van der Waals surface area contributed by atoms with Gasteiger partial charge in [0.25, 0.3) is 5.91 Å². The topological polar surface area (TPSA) is 60.2 Å². The molecule has 1 aliphatic heterocycles. The van der Waals surface area contributed by atoms with Crippen molar-refractivity contribution in [2.24, 2.45) is 5.92 Å². The lowest BCUT2D eigenvalue weighted by molar-refractivity contribution is 0.0505. The summed E-state index contributed by atoms with van der Waals surface area (Å²) >= 11 is 0. The fourth-order valence-electron chi connectivity index (χ4n) is 3.86. The number of ether oxygens (including phenoxy) is 1. The molecule has 1 aliphatic rings. The smallest absolute Gasteiger partial charge is 0.256 e. The van der Waals surface area contributed by atoms with Gasteiger partial charge in [0.05, 0.1) is 30.3 Å². The van der Waals surface area contributed by atoms with E-state index in [1.807, 2.05) is 30.0 Å². The number of carbonyl (C=O) groups is 1. The predicted octanol–water partition coefficient (Wildman–Crippen LogP) is 4.03. The minimum atomic E-state index is -0.319. The Bertz CT molecular complexity index is 1020.